The van der Waals surface area contributed by atoms with Crippen LogP contribution in [-0.2, 0) is 0 Å². The van der Waals surface area contributed by atoms with Crippen LogP contribution in [0.4, 0.5) is 0 Å². The summed E-state index contributed by atoms with van der Waals surface area (Å²) in [4.78, 5) is 0. The van der Waals surface area contributed by atoms with Gasteiger partial charge in [-0.25, -0.2) is 0 Å². The Hall–Kier alpha value is -0.300. The average Bonchev–Trinajstić information content (AvgIpc) is 1.89. The van der Waals surface area contributed by atoms with E-state index in [1.54, 1.807) is 0 Å². The van der Waals surface area contributed by atoms with Gasteiger partial charge in [-0.1, -0.05) is 18.6 Å². The number of rotatable bonds is 1. The van der Waals surface area contributed by atoms with Crippen LogP contribution in [0.5, 0.6) is 0 Å². The first-order valence-corrected chi connectivity index (χ1v) is 4.16. The predicted octanol–water partition coefficient (Wildman–Crippen LogP) is 2.09. The summed E-state index contributed by atoms with van der Waals surface area (Å²) >= 11 is 0. The highest BCUT2D eigenvalue weighted by Crippen LogP contribution is 2.19. The Kier molecular flexibility index (Phi) is 2.50. The minimum absolute atomic E-state index is 0.299. The molecule has 1 N–H and O–H groups in total. The van der Waals surface area contributed by atoms with Crippen LogP contribution in [0.1, 0.15) is 33.1 Å². The van der Waals surface area contributed by atoms with Gasteiger partial charge in [-0.15, -0.1) is 0 Å². The largest absolute Gasteiger partial charge is 0.308 e. The maximum absolute atomic E-state index is 3.51. The molecule has 0 bridgehead atoms. The van der Waals surface area contributed by atoms with Gasteiger partial charge in [0.2, 0.25) is 0 Å². The van der Waals surface area contributed by atoms with Crippen molar-refractivity contribution in [2.24, 2.45) is 0 Å². The van der Waals surface area contributed by atoms with E-state index in [-0.39, 0.29) is 0 Å². The lowest BCUT2D eigenvalue weighted by atomic mass is 9.91. The van der Waals surface area contributed by atoms with Crippen LogP contribution in [0, 0.1) is 0 Å². The molecule has 1 aliphatic rings. The summed E-state index contributed by atoms with van der Waals surface area (Å²) in [6.07, 6.45) is 8.41. The van der Waals surface area contributed by atoms with Gasteiger partial charge in [0, 0.05) is 5.54 Å². The summed E-state index contributed by atoms with van der Waals surface area (Å²) in [7, 11) is 0. The zero-order chi connectivity index (χ0) is 7.45. The van der Waals surface area contributed by atoms with Crippen molar-refractivity contribution in [3.05, 3.63) is 12.2 Å². The van der Waals surface area contributed by atoms with Crippen molar-refractivity contribution in [1.82, 2.24) is 5.32 Å². The second kappa shape index (κ2) is 3.20. The van der Waals surface area contributed by atoms with Crippen LogP contribution >= 0.6 is 0 Å². The Labute approximate surface area is 63.5 Å². The minimum Gasteiger partial charge on any atom is -0.308 e. The van der Waals surface area contributed by atoms with E-state index in [2.05, 4.69) is 31.3 Å². The third kappa shape index (κ3) is 1.84. The molecule has 0 radical (unpaired) electrons. The quantitative estimate of drug-likeness (QED) is 0.548. The van der Waals surface area contributed by atoms with E-state index in [0.29, 0.717) is 5.54 Å². The molecule has 0 aromatic rings. The van der Waals surface area contributed by atoms with E-state index in [0.717, 1.165) is 0 Å². The Bertz CT molecular complexity index is 121. The van der Waals surface area contributed by atoms with Crippen molar-refractivity contribution in [3.8, 4) is 0 Å². The second-order valence-corrected chi connectivity index (χ2v) is 3.30. The van der Waals surface area contributed by atoms with E-state index >= 15 is 0 Å². The molecule has 0 aliphatic carbocycles. The Morgan fingerprint density at radius 2 is 2.20 bits per heavy atom. The van der Waals surface area contributed by atoms with Crippen LogP contribution in [0.3, 0.4) is 0 Å². The molecule has 10 heavy (non-hydrogen) atoms. The Balaban J connectivity index is 2.48. The predicted molar refractivity (Wildman–Crippen MR) is 45.1 cm³/mol. The van der Waals surface area contributed by atoms with E-state index in [1.807, 2.05) is 0 Å². The van der Waals surface area contributed by atoms with Crippen molar-refractivity contribution in [3.63, 3.8) is 0 Å². The molecule has 58 valence electrons. The van der Waals surface area contributed by atoms with Crippen LogP contribution in [0.15, 0.2) is 12.2 Å². The summed E-state index contributed by atoms with van der Waals surface area (Å²) in [5.41, 5.74) is 0.299. The molecule has 0 saturated carbocycles. The minimum atomic E-state index is 0.299. The van der Waals surface area contributed by atoms with Gasteiger partial charge in [-0.05, 0) is 33.2 Å². The van der Waals surface area contributed by atoms with Crippen molar-refractivity contribution >= 4 is 0 Å². The average molecular weight is 139 g/mol. The summed E-state index contributed by atoms with van der Waals surface area (Å²) in [5, 5.41) is 3.51. The van der Waals surface area contributed by atoms with Crippen LogP contribution in [0.2, 0.25) is 0 Å². The molecule has 0 amide bonds. The molecule has 1 saturated heterocycles. The maximum Gasteiger partial charge on any atom is 0.0335 e. The molecule has 1 heteroatoms. The molecule has 1 fully saturated rings. The van der Waals surface area contributed by atoms with Crippen LogP contribution < -0.4 is 5.32 Å². The monoisotopic (exact) mass is 139 g/mol. The van der Waals surface area contributed by atoms with Gasteiger partial charge < -0.3 is 5.32 Å². The molecular formula is C9H17N. The molecular weight excluding hydrogens is 122 g/mol. The number of allylic oxidation sites excluding steroid dienone is 1. The van der Waals surface area contributed by atoms with E-state index in [1.165, 1.54) is 25.8 Å². The topological polar surface area (TPSA) is 12.0 Å². The summed E-state index contributed by atoms with van der Waals surface area (Å²) in [6, 6.07) is 0. The highest BCUT2D eigenvalue weighted by molar-refractivity contribution is 5.03. The normalized spacial score (nSPS) is 35.0. The zero-order valence-electron chi connectivity index (χ0n) is 6.98. The fourth-order valence-corrected chi connectivity index (χ4v) is 1.59. The van der Waals surface area contributed by atoms with Gasteiger partial charge in [0.1, 0.15) is 0 Å². The lowest BCUT2D eigenvalue weighted by Gasteiger charge is -2.31. The maximum atomic E-state index is 3.51. The van der Waals surface area contributed by atoms with E-state index in [9.17, 15) is 0 Å². The first kappa shape index (κ1) is 7.80. The molecule has 1 unspecified atom stereocenters. The molecule has 1 nitrogen and oxygen atoms in total. The third-order valence-corrected chi connectivity index (χ3v) is 2.19. The smallest absolute Gasteiger partial charge is 0.0335 e. The number of hydrogen-bond acceptors (Lipinski definition) is 1. The van der Waals surface area contributed by atoms with Crippen molar-refractivity contribution < 1.29 is 0 Å². The standard InChI is InChI=1S/C9H17N/c1-3-6-9(2)7-4-5-8-10-9/h3,6,10H,4-5,7-8H2,1-2H3/b6-3-. The van der Waals surface area contributed by atoms with Crippen molar-refractivity contribution in [1.29, 1.82) is 0 Å². The Morgan fingerprint density at radius 3 is 2.70 bits per heavy atom. The molecule has 0 spiro atoms. The van der Waals surface area contributed by atoms with E-state index in [4.69, 9.17) is 0 Å². The lowest BCUT2D eigenvalue weighted by molar-refractivity contribution is 0.340. The number of hydrogen-bond donors (Lipinski definition) is 1. The summed E-state index contributed by atoms with van der Waals surface area (Å²) in [6.45, 7) is 5.54. The van der Waals surface area contributed by atoms with Gasteiger partial charge in [0.05, 0.1) is 0 Å². The molecule has 1 rings (SSSR count). The first-order valence-electron chi connectivity index (χ1n) is 4.16. The zero-order valence-corrected chi connectivity index (χ0v) is 6.98. The summed E-state index contributed by atoms with van der Waals surface area (Å²) in [5.74, 6) is 0. The first-order chi connectivity index (χ1) is 4.77. The lowest BCUT2D eigenvalue weighted by Crippen LogP contribution is -2.43. The summed E-state index contributed by atoms with van der Waals surface area (Å²) < 4.78 is 0. The molecule has 0 aromatic heterocycles. The van der Waals surface area contributed by atoms with Crippen molar-refractivity contribution in [2.45, 2.75) is 38.6 Å². The van der Waals surface area contributed by atoms with Gasteiger partial charge in [-0.2, -0.15) is 0 Å². The van der Waals surface area contributed by atoms with E-state index < -0.39 is 0 Å². The second-order valence-electron chi connectivity index (χ2n) is 3.30. The highest BCUT2D eigenvalue weighted by atomic mass is 15.0. The molecule has 1 heterocycles. The molecule has 0 aromatic carbocycles. The number of nitrogens with one attached hydrogen (secondary N) is 1. The number of piperidine rings is 1. The molecule has 1 atom stereocenters. The fraction of sp³-hybridized carbons (Fsp3) is 0.778. The van der Waals surface area contributed by atoms with Crippen molar-refractivity contribution in [2.75, 3.05) is 6.54 Å². The van der Waals surface area contributed by atoms with Gasteiger partial charge in [-0.3, -0.25) is 0 Å². The van der Waals surface area contributed by atoms with Gasteiger partial charge in [0.25, 0.3) is 0 Å². The highest BCUT2D eigenvalue weighted by Gasteiger charge is 2.21. The van der Waals surface area contributed by atoms with Gasteiger partial charge >= 0.3 is 0 Å². The SMILES string of the molecule is C/C=C\C1(C)CCCCN1. The van der Waals surface area contributed by atoms with Crippen LogP contribution in [-0.4, -0.2) is 12.1 Å². The van der Waals surface area contributed by atoms with Crippen LogP contribution in [0.25, 0.3) is 0 Å². The fourth-order valence-electron chi connectivity index (χ4n) is 1.59. The Morgan fingerprint density at radius 1 is 1.40 bits per heavy atom. The molecule has 1 aliphatic heterocycles. The van der Waals surface area contributed by atoms with Gasteiger partial charge in [0.15, 0.2) is 0 Å². The third-order valence-electron chi connectivity index (χ3n) is 2.19.